The molecule has 0 radical (unpaired) electrons. The molecule has 1 fully saturated rings. The summed E-state index contributed by atoms with van der Waals surface area (Å²) in [5.74, 6) is 1.12. The van der Waals surface area contributed by atoms with Crippen LogP contribution >= 0.6 is 0 Å². The number of carbonyl (C=O) groups is 1. The lowest BCUT2D eigenvalue weighted by atomic mass is 9.95. The number of hydrogen-bond donors (Lipinski definition) is 1. The van der Waals surface area contributed by atoms with Gasteiger partial charge in [-0.1, -0.05) is 13.0 Å². The first kappa shape index (κ1) is 13.7. The third kappa shape index (κ3) is 2.83. The molecule has 0 aromatic heterocycles. The molecule has 2 rings (SSSR count). The standard InChI is InChI=1S/C15H21NO3/c1-11-7-8-15(10-11,14(17)19-3)16-12-5-4-6-13(9-12)18-2/h4-6,9,11,16H,7-8,10H2,1-3H3. The van der Waals surface area contributed by atoms with E-state index in [1.54, 1.807) is 7.11 Å². The number of benzene rings is 1. The van der Waals surface area contributed by atoms with Crippen molar-refractivity contribution >= 4 is 11.7 Å². The molecule has 1 N–H and O–H groups in total. The number of nitrogens with one attached hydrogen (secondary N) is 1. The maximum absolute atomic E-state index is 12.1. The van der Waals surface area contributed by atoms with E-state index in [1.807, 2.05) is 24.3 Å². The Morgan fingerprint density at radius 3 is 2.79 bits per heavy atom. The van der Waals surface area contributed by atoms with Crippen LogP contribution in [0.25, 0.3) is 0 Å². The Labute approximate surface area is 114 Å². The van der Waals surface area contributed by atoms with Crippen molar-refractivity contribution in [2.24, 2.45) is 5.92 Å². The topological polar surface area (TPSA) is 47.6 Å². The molecule has 2 unspecified atom stereocenters. The summed E-state index contributed by atoms with van der Waals surface area (Å²) in [6.45, 7) is 2.16. The highest BCUT2D eigenvalue weighted by atomic mass is 16.5. The average molecular weight is 263 g/mol. The highest BCUT2D eigenvalue weighted by Gasteiger charge is 2.45. The summed E-state index contributed by atoms with van der Waals surface area (Å²) >= 11 is 0. The zero-order valence-corrected chi connectivity index (χ0v) is 11.7. The Hall–Kier alpha value is -1.71. The van der Waals surface area contributed by atoms with Gasteiger partial charge in [0, 0.05) is 11.8 Å². The van der Waals surface area contributed by atoms with Crippen molar-refractivity contribution in [3.63, 3.8) is 0 Å². The summed E-state index contributed by atoms with van der Waals surface area (Å²) in [5.41, 5.74) is 0.291. The van der Waals surface area contributed by atoms with E-state index in [9.17, 15) is 4.79 Å². The normalized spacial score (nSPS) is 25.9. The molecule has 104 valence electrons. The largest absolute Gasteiger partial charge is 0.497 e. The van der Waals surface area contributed by atoms with Gasteiger partial charge in [0.2, 0.25) is 0 Å². The van der Waals surface area contributed by atoms with E-state index in [0.29, 0.717) is 5.92 Å². The second-order valence-corrected chi connectivity index (χ2v) is 5.28. The summed E-state index contributed by atoms with van der Waals surface area (Å²) in [7, 11) is 3.08. The number of hydrogen-bond acceptors (Lipinski definition) is 4. The van der Waals surface area contributed by atoms with Gasteiger partial charge in [0.1, 0.15) is 11.3 Å². The van der Waals surface area contributed by atoms with E-state index in [-0.39, 0.29) is 5.97 Å². The molecule has 1 saturated carbocycles. The number of ether oxygens (including phenoxy) is 2. The first-order chi connectivity index (χ1) is 9.09. The van der Waals surface area contributed by atoms with Crippen LogP contribution in [0.1, 0.15) is 26.2 Å². The molecule has 0 saturated heterocycles. The van der Waals surface area contributed by atoms with Gasteiger partial charge >= 0.3 is 5.97 Å². The molecule has 1 aliphatic rings. The van der Waals surface area contributed by atoms with Crippen molar-refractivity contribution in [3.05, 3.63) is 24.3 Å². The van der Waals surface area contributed by atoms with Crippen LogP contribution in [0.4, 0.5) is 5.69 Å². The fourth-order valence-corrected chi connectivity index (χ4v) is 2.81. The van der Waals surface area contributed by atoms with Gasteiger partial charge in [0.15, 0.2) is 0 Å². The molecule has 0 amide bonds. The number of esters is 1. The molecule has 4 nitrogen and oxygen atoms in total. The average Bonchev–Trinajstić information content (AvgIpc) is 2.80. The van der Waals surface area contributed by atoms with Crippen LogP contribution in [0.3, 0.4) is 0 Å². The van der Waals surface area contributed by atoms with Crippen LogP contribution < -0.4 is 10.1 Å². The predicted octanol–water partition coefficient (Wildman–Crippen LogP) is 2.84. The zero-order chi connectivity index (χ0) is 13.9. The Bertz CT molecular complexity index is 460. The first-order valence-electron chi connectivity index (χ1n) is 6.60. The lowest BCUT2D eigenvalue weighted by Crippen LogP contribution is -2.45. The van der Waals surface area contributed by atoms with Crippen molar-refractivity contribution in [1.29, 1.82) is 0 Å². The fourth-order valence-electron chi connectivity index (χ4n) is 2.81. The van der Waals surface area contributed by atoms with Gasteiger partial charge in [0.25, 0.3) is 0 Å². The molecule has 2 atom stereocenters. The Kier molecular flexibility index (Phi) is 3.98. The number of anilines is 1. The van der Waals surface area contributed by atoms with Gasteiger partial charge in [-0.05, 0) is 37.3 Å². The monoisotopic (exact) mass is 263 g/mol. The minimum absolute atomic E-state index is 0.181. The maximum atomic E-state index is 12.1. The SMILES string of the molecule is COC(=O)C1(Nc2cccc(OC)c2)CCC(C)C1. The number of carbonyl (C=O) groups excluding carboxylic acids is 1. The third-order valence-corrected chi connectivity index (χ3v) is 3.79. The van der Waals surface area contributed by atoms with E-state index >= 15 is 0 Å². The van der Waals surface area contributed by atoms with Gasteiger partial charge in [-0.2, -0.15) is 0 Å². The smallest absolute Gasteiger partial charge is 0.331 e. The fraction of sp³-hybridized carbons (Fsp3) is 0.533. The van der Waals surface area contributed by atoms with Crippen molar-refractivity contribution in [2.75, 3.05) is 19.5 Å². The van der Waals surface area contributed by atoms with E-state index < -0.39 is 5.54 Å². The Morgan fingerprint density at radius 1 is 1.42 bits per heavy atom. The maximum Gasteiger partial charge on any atom is 0.331 e. The molecule has 4 heteroatoms. The summed E-state index contributed by atoms with van der Waals surface area (Å²) in [4.78, 5) is 12.1. The molecule has 0 spiro atoms. The first-order valence-corrected chi connectivity index (χ1v) is 6.60. The molecule has 19 heavy (non-hydrogen) atoms. The van der Waals surface area contributed by atoms with E-state index in [0.717, 1.165) is 30.7 Å². The van der Waals surface area contributed by atoms with Gasteiger partial charge in [-0.15, -0.1) is 0 Å². The van der Waals surface area contributed by atoms with Gasteiger partial charge in [0.05, 0.1) is 14.2 Å². The summed E-state index contributed by atoms with van der Waals surface area (Å²) in [6.07, 6.45) is 2.64. The van der Waals surface area contributed by atoms with Gasteiger partial charge in [-0.25, -0.2) is 4.79 Å². The predicted molar refractivity (Wildman–Crippen MR) is 74.4 cm³/mol. The molecule has 0 heterocycles. The molecule has 1 aromatic rings. The molecular weight excluding hydrogens is 242 g/mol. The van der Waals surface area contributed by atoms with E-state index in [4.69, 9.17) is 9.47 Å². The quantitative estimate of drug-likeness (QED) is 0.849. The van der Waals surface area contributed by atoms with Crippen LogP contribution in [-0.2, 0) is 9.53 Å². The molecule has 0 bridgehead atoms. The second kappa shape index (κ2) is 5.51. The summed E-state index contributed by atoms with van der Waals surface area (Å²) < 4.78 is 10.2. The lowest BCUT2D eigenvalue weighted by molar-refractivity contribution is -0.145. The van der Waals surface area contributed by atoms with Crippen LogP contribution in [-0.4, -0.2) is 25.7 Å². The van der Waals surface area contributed by atoms with Gasteiger partial charge in [-0.3, -0.25) is 0 Å². The number of rotatable bonds is 4. The molecular formula is C15H21NO3. The van der Waals surface area contributed by atoms with Crippen molar-refractivity contribution in [1.82, 2.24) is 0 Å². The second-order valence-electron chi connectivity index (χ2n) is 5.28. The number of methoxy groups -OCH3 is 2. The lowest BCUT2D eigenvalue weighted by Gasteiger charge is -2.29. The Morgan fingerprint density at radius 2 is 2.21 bits per heavy atom. The van der Waals surface area contributed by atoms with Crippen molar-refractivity contribution in [3.8, 4) is 5.75 Å². The molecule has 1 aliphatic carbocycles. The van der Waals surface area contributed by atoms with Crippen LogP contribution in [0.15, 0.2) is 24.3 Å². The van der Waals surface area contributed by atoms with Crippen molar-refractivity contribution < 1.29 is 14.3 Å². The Balaban J connectivity index is 2.23. The highest BCUT2D eigenvalue weighted by Crippen LogP contribution is 2.38. The molecule has 1 aromatic carbocycles. The van der Waals surface area contributed by atoms with E-state index in [2.05, 4.69) is 12.2 Å². The van der Waals surface area contributed by atoms with E-state index in [1.165, 1.54) is 7.11 Å². The van der Waals surface area contributed by atoms with Crippen LogP contribution in [0.2, 0.25) is 0 Å². The van der Waals surface area contributed by atoms with Crippen LogP contribution in [0, 0.1) is 5.92 Å². The third-order valence-electron chi connectivity index (χ3n) is 3.79. The summed E-state index contributed by atoms with van der Waals surface area (Å²) in [5, 5.41) is 3.36. The van der Waals surface area contributed by atoms with Gasteiger partial charge < -0.3 is 14.8 Å². The zero-order valence-electron chi connectivity index (χ0n) is 11.7. The minimum atomic E-state index is -0.597. The summed E-state index contributed by atoms with van der Waals surface area (Å²) in [6, 6.07) is 7.63. The highest BCUT2D eigenvalue weighted by molar-refractivity contribution is 5.85. The molecule has 0 aliphatic heterocycles. The minimum Gasteiger partial charge on any atom is -0.497 e. The van der Waals surface area contributed by atoms with Crippen molar-refractivity contribution in [2.45, 2.75) is 31.7 Å². The van der Waals surface area contributed by atoms with Crippen LogP contribution in [0.5, 0.6) is 5.75 Å².